The van der Waals surface area contributed by atoms with Crippen LogP contribution >= 0.6 is 0 Å². The number of nitrogens with one attached hydrogen (secondary N) is 1. The second kappa shape index (κ2) is 11.7. The molecule has 1 saturated heterocycles. The first-order valence-corrected chi connectivity index (χ1v) is 11.8. The van der Waals surface area contributed by atoms with Gasteiger partial charge >= 0.3 is 0 Å². The van der Waals surface area contributed by atoms with Gasteiger partial charge in [0.15, 0.2) is 0 Å². The Morgan fingerprint density at radius 3 is 2.41 bits per heavy atom. The highest BCUT2D eigenvalue weighted by Crippen LogP contribution is 2.42. The first-order valence-electron chi connectivity index (χ1n) is 11.8. The maximum atomic E-state index is 13.6. The molecule has 0 radical (unpaired) electrons. The van der Waals surface area contributed by atoms with Crippen molar-refractivity contribution < 1.29 is 29.1 Å². The minimum atomic E-state index is -0.790. The SMILES string of the molecule is CCCCOc1ccc(/C([O-])=C2\C(=O)C(=O)N(CCC[NH+](C)C)C2c2ccccc2OC)cc1. The Hall–Kier alpha value is -3.32. The number of benzene rings is 2. The zero-order valence-corrected chi connectivity index (χ0v) is 20.4. The van der Waals surface area contributed by atoms with Crippen molar-refractivity contribution in [1.82, 2.24) is 4.90 Å². The lowest BCUT2D eigenvalue weighted by molar-refractivity contribution is -0.858. The monoisotopic (exact) mass is 466 g/mol. The molecule has 1 amide bonds. The van der Waals surface area contributed by atoms with E-state index in [9.17, 15) is 14.7 Å². The second-order valence-electron chi connectivity index (χ2n) is 8.75. The third-order valence-electron chi connectivity index (χ3n) is 5.92. The Morgan fingerprint density at radius 1 is 1.06 bits per heavy atom. The van der Waals surface area contributed by atoms with Gasteiger partial charge in [-0.3, -0.25) is 9.59 Å². The molecule has 0 saturated carbocycles. The Balaban J connectivity index is 2.02. The Morgan fingerprint density at radius 2 is 1.76 bits per heavy atom. The fourth-order valence-electron chi connectivity index (χ4n) is 4.11. The predicted octanol–water partition coefficient (Wildman–Crippen LogP) is 1.63. The van der Waals surface area contributed by atoms with Gasteiger partial charge in [0.25, 0.3) is 5.91 Å². The number of nitrogens with zero attached hydrogens (tertiary/aromatic N) is 1. The average Bonchev–Trinajstić information content (AvgIpc) is 3.09. The molecule has 34 heavy (non-hydrogen) atoms. The van der Waals surface area contributed by atoms with E-state index in [2.05, 4.69) is 6.92 Å². The molecule has 1 unspecified atom stereocenters. The van der Waals surface area contributed by atoms with Crippen molar-refractivity contribution in [2.75, 3.05) is 40.9 Å². The van der Waals surface area contributed by atoms with Crippen molar-refractivity contribution in [1.29, 1.82) is 0 Å². The summed E-state index contributed by atoms with van der Waals surface area (Å²) in [4.78, 5) is 28.9. The molecule has 7 nitrogen and oxygen atoms in total. The van der Waals surface area contributed by atoms with Crippen molar-refractivity contribution in [3.63, 3.8) is 0 Å². The van der Waals surface area contributed by atoms with Gasteiger partial charge in [0.05, 0.1) is 40.4 Å². The van der Waals surface area contributed by atoms with Crippen molar-refractivity contribution in [2.24, 2.45) is 0 Å². The highest BCUT2D eigenvalue weighted by Gasteiger charge is 2.44. The van der Waals surface area contributed by atoms with Crippen molar-refractivity contribution in [2.45, 2.75) is 32.2 Å². The molecule has 1 aliphatic heterocycles. The Labute approximate surface area is 201 Å². The van der Waals surface area contributed by atoms with Crippen molar-refractivity contribution >= 4 is 17.4 Å². The van der Waals surface area contributed by atoms with Gasteiger partial charge in [0.1, 0.15) is 11.5 Å². The average molecular weight is 467 g/mol. The van der Waals surface area contributed by atoms with Crippen LogP contribution in [0.1, 0.15) is 43.4 Å². The highest BCUT2D eigenvalue weighted by atomic mass is 16.5. The van der Waals surface area contributed by atoms with Gasteiger partial charge in [-0.2, -0.15) is 0 Å². The van der Waals surface area contributed by atoms with E-state index in [0.717, 1.165) is 19.4 Å². The van der Waals surface area contributed by atoms with E-state index in [-0.39, 0.29) is 5.57 Å². The Kier molecular flexibility index (Phi) is 8.71. The summed E-state index contributed by atoms with van der Waals surface area (Å²) < 4.78 is 11.2. The summed E-state index contributed by atoms with van der Waals surface area (Å²) in [6.07, 6.45) is 2.68. The van der Waals surface area contributed by atoms with Gasteiger partial charge in [-0.15, -0.1) is 0 Å². The maximum Gasteiger partial charge on any atom is 0.295 e. The second-order valence-corrected chi connectivity index (χ2v) is 8.75. The number of carbonyl (C=O) groups is 2. The number of quaternary nitrogens is 1. The van der Waals surface area contributed by atoms with Crippen LogP contribution in [0.15, 0.2) is 54.1 Å². The van der Waals surface area contributed by atoms with Crippen LogP contribution in [0, 0.1) is 0 Å². The molecule has 0 spiro atoms. The predicted molar refractivity (Wildman–Crippen MR) is 129 cm³/mol. The number of hydrogen-bond donors (Lipinski definition) is 1. The number of carbonyl (C=O) groups excluding carboxylic acids is 2. The van der Waals surface area contributed by atoms with Crippen LogP contribution in [0.25, 0.3) is 5.76 Å². The molecule has 1 fully saturated rings. The van der Waals surface area contributed by atoms with Crippen LogP contribution in [0.2, 0.25) is 0 Å². The molecule has 0 aliphatic carbocycles. The highest BCUT2D eigenvalue weighted by molar-refractivity contribution is 6.46. The lowest BCUT2D eigenvalue weighted by Crippen LogP contribution is -3.05. The van der Waals surface area contributed by atoms with Gasteiger partial charge in [0, 0.05) is 24.1 Å². The maximum absolute atomic E-state index is 13.6. The number of likely N-dealkylation sites (tertiary alicyclic amines) is 1. The van der Waals surface area contributed by atoms with E-state index in [4.69, 9.17) is 9.47 Å². The summed E-state index contributed by atoms with van der Waals surface area (Å²) in [6.45, 7) is 3.90. The van der Waals surface area contributed by atoms with E-state index in [1.807, 2.05) is 26.2 Å². The van der Waals surface area contributed by atoms with Gasteiger partial charge in [-0.05, 0) is 30.2 Å². The number of methoxy groups -OCH3 is 1. The molecule has 1 heterocycles. The van der Waals surface area contributed by atoms with E-state index >= 15 is 0 Å². The number of ketones is 1. The number of unbranched alkanes of at least 4 members (excludes halogenated alkanes) is 1. The fraction of sp³-hybridized carbons (Fsp3) is 0.407. The molecule has 1 aliphatic rings. The molecular weight excluding hydrogens is 432 g/mol. The van der Waals surface area contributed by atoms with Crippen LogP contribution in [-0.4, -0.2) is 57.5 Å². The van der Waals surface area contributed by atoms with Crippen LogP contribution in [0.5, 0.6) is 11.5 Å². The summed E-state index contributed by atoms with van der Waals surface area (Å²) in [6, 6.07) is 13.2. The van der Waals surface area contributed by atoms with Crippen LogP contribution < -0.4 is 19.5 Å². The molecule has 1 atom stereocenters. The summed E-state index contributed by atoms with van der Waals surface area (Å²) in [7, 11) is 5.60. The fourth-order valence-corrected chi connectivity index (χ4v) is 4.11. The molecule has 182 valence electrons. The summed E-state index contributed by atoms with van der Waals surface area (Å²) in [5.41, 5.74) is 0.939. The normalized spacial score (nSPS) is 17.4. The number of para-hydroxylation sites is 1. The third-order valence-corrected chi connectivity index (χ3v) is 5.92. The van der Waals surface area contributed by atoms with Gasteiger partial charge < -0.3 is 24.4 Å². The van der Waals surface area contributed by atoms with Crippen molar-refractivity contribution in [3.8, 4) is 11.5 Å². The zero-order valence-electron chi connectivity index (χ0n) is 20.4. The molecule has 2 aromatic rings. The molecule has 2 aromatic carbocycles. The van der Waals surface area contributed by atoms with E-state index in [1.54, 1.807) is 36.4 Å². The molecule has 3 rings (SSSR count). The lowest BCUT2D eigenvalue weighted by Gasteiger charge is -2.28. The number of amides is 1. The van der Waals surface area contributed by atoms with Crippen LogP contribution in [0.3, 0.4) is 0 Å². The van der Waals surface area contributed by atoms with Gasteiger partial charge in [-0.25, -0.2) is 0 Å². The summed E-state index contributed by atoms with van der Waals surface area (Å²) in [5, 5.41) is 13.6. The molecular formula is C27H34N2O5. The molecule has 0 aromatic heterocycles. The molecule has 0 bridgehead atoms. The molecule has 7 heteroatoms. The van der Waals surface area contributed by atoms with Crippen molar-refractivity contribution in [3.05, 3.63) is 65.2 Å². The number of ether oxygens (including phenoxy) is 2. The third kappa shape index (κ3) is 5.59. The van der Waals surface area contributed by atoms with Gasteiger partial charge in [0.2, 0.25) is 5.78 Å². The Bertz CT molecular complexity index is 1030. The topological polar surface area (TPSA) is 83.3 Å². The zero-order chi connectivity index (χ0) is 24.7. The van der Waals surface area contributed by atoms with Crippen LogP contribution in [-0.2, 0) is 9.59 Å². The smallest absolute Gasteiger partial charge is 0.295 e. The number of Topliss-reactive ketones (excluding diaryl/α,β-unsaturated/α-hetero) is 1. The molecule has 1 N–H and O–H groups in total. The van der Waals surface area contributed by atoms with Crippen LogP contribution in [0.4, 0.5) is 0 Å². The summed E-state index contributed by atoms with van der Waals surface area (Å²) >= 11 is 0. The van der Waals surface area contributed by atoms with Gasteiger partial charge in [-0.1, -0.05) is 49.4 Å². The number of hydrogen-bond acceptors (Lipinski definition) is 5. The first-order chi connectivity index (χ1) is 16.4. The van der Waals surface area contributed by atoms with E-state index in [0.29, 0.717) is 42.2 Å². The minimum absolute atomic E-state index is 0.0358. The lowest BCUT2D eigenvalue weighted by atomic mass is 9.94. The van der Waals surface area contributed by atoms with E-state index < -0.39 is 23.5 Å². The standard InChI is InChI=1S/C27H34N2O5/c1-5-6-18-34-20-14-12-19(13-15-20)25(30)23-24(21-10-7-8-11-22(21)33-4)29(27(32)26(23)31)17-9-16-28(2)3/h7-8,10-15,24,30H,5-6,9,16-18H2,1-4H3/b25-23+. The first kappa shape index (κ1) is 25.3. The minimum Gasteiger partial charge on any atom is -0.872 e. The number of rotatable bonds is 11. The van der Waals surface area contributed by atoms with E-state index in [1.165, 1.54) is 16.9 Å². The largest absolute Gasteiger partial charge is 0.872 e. The summed E-state index contributed by atoms with van der Waals surface area (Å²) in [5.74, 6) is -0.648. The quantitative estimate of drug-likeness (QED) is 0.236.